The Balaban J connectivity index is 1.45. The smallest absolute Gasteiger partial charge is 0.205 e. The van der Waals surface area contributed by atoms with Crippen molar-refractivity contribution >= 4 is 11.2 Å². The fourth-order valence-corrected chi connectivity index (χ4v) is 3.37. The third-order valence-corrected chi connectivity index (χ3v) is 4.86. The zero-order valence-corrected chi connectivity index (χ0v) is 15.8. The highest BCUT2D eigenvalue weighted by atomic mass is 15.5. The van der Waals surface area contributed by atoms with Crippen LogP contribution in [-0.4, -0.2) is 40.1 Å². The molecule has 0 saturated carbocycles. The molecule has 0 saturated heterocycles. The second kappa shape index (κ2) is 7.23. The van der Waals surface area contributed by atoms with Gasteiger partial charge < -0.3 is 4.57 Å². The van der Waals surface area contributed by atoms with Crippen LogP contribution in [0.3, 0.4) is 0 Å². The Morgan fingerprint density at radius 1 is 0.966 bits per heavy atom. The third kappa shape index (κ3) is 3.25. The first kappa shape index (κ1) is 17.2. The number of nitrogens with zero attached hydrogens (tertiary/aromatic N) is 7. The summed E-state index contributed by atoms with van der Waals surface area (Å²) < 4.78 is 2.05. The number of benzene rings is 2. The molecule has 0 atom stereocenters. The van der Waals surface area contributed by atoms with Crippen LogP contribution in [-0.2, 0) is 13.0 Å². The largest absolute Gasteiger partial charge is 0.311 e. The molecule has 0 aliphatic carbocycles. The van der Waals surface area contributed by atoms with Crippen LogP contribution in [0.5, 0.6) is 0 Å². The van der Waals surface area contributed by atoms with E-state index in [4.69, 9.17) is 0 Å². The molecular weight excluding hydrogens is 364 g/mol. The van der Waals surface area contributed by atoms with Crippen LogP contribution >= 0.6 is 0 Å². The van der Waals surface area contributed by atoms with E-state index in [1.54, 1.807) is 6.20 Å². The minimum absolute atomic E-state index is 0.584. The fourth-order valence-electron chi connectivity index (χ4n) is 3.37. The highest BCUT2D eigenvalue weighted by Gasteiger charge is 2.11. The molecule has 0 spiro atoms. The lowest BCUT2D eigenvalue weighted by Crippen LogP contribution is -2.01. The quantitative estimate of drug-likeness (QED) is 0.501. The molecule has 8 nitrogen and oxygen atoms in total. The van der Waals surface area contributed by atoms with Gasteiger partial charge in [0.2, 0.25) is 5.82 Å². The first-order valence-electron chi connectivity index (χ1n) is 9.40. The van der Waals surface area contributed by atoms with Crippen LogP contribution < -0.4 is 0 Å². The molecule has 29 heavy (non-hydrogen) atoms. The van der Waals surface area contributed by atoms with Gasteiger partial charge in [0.05, 0.1) is 19.1 Å². The molecule has 142 valence electrons. The summed E-state index contributed by atoms with van der Waals surface area (Å²) >= 11 is 0. The van der Waals surface area contributed by atoms with E-state index >= 15 is 0 Å². The van der Waals surface area contributed by atoms with Crippen molar-refractivity contribution < 1.29 is 0 Å². The molecule has 0 amide bonds. The minimum Gasteiger partial charge on any atom is -0.311 e. The van der Waals surface area contributed by atoms with Crippen molar-refractivity contribution in [3.63, 3.8) is 0 Å². The van der Waals surface area contributed by atoms with Crippen LogP contribution in [0.4, 0.5) is 0 Å². The highest BCUT2D eigenvalue weighted by molar-refractivity contribution is 5.80. The number of rotatable bonds is 5. The molecule has 3 heterocycles. The summed E-state index contributed by atoms with van der Waals surface area (Å²) in [6.07, 6.45) is 4.41. The van der Waals surface area contributed by atoms with Gasteiger partial charge in [0.15, 0.2) is 5.65 Å². The Hall–Kier alpha value is -3.94. The van der Waals surface area contributed by atoms with E-state index < -0.39 is 0 Å². The van der Waals surface area contributed by atoms with E-state index in [9.17, 15) is 0 Å². The van der Waals surface area contributed by atoms with Gasteiger partial charge in [-0.05, 0) is 21.9 Å². The standard InChI is InChI=1S/C21H18N8/c1-2-19-22-11-18-21(24-19)29(13-23-18)12-14-7-9-15(10-8-14)16-5-3-4-6-17(16)20-25-27-28-26-20/h3-11,13H,2,12H2,1H3,(H,25,26,27,28). The first-order chi connectivity index (χ1) is 14.3. The Bertz CT molecular complexity index is 1260. The summed E-state index contributed by atoms with van der Waals surface area (Å²) in [5.41, 5.74) is 5.95. The lowest BCUT2D eigenvalue weighted by molar-refractivity contribution is 0.806. The van der Waals surface area contributed by atoms with Gasteiger partial charge in [-0.25, -0.2) is 15.0 Å². The zero-order valence-electron chi connectivity index (χ0n) is 15.8. The monoisotopic (exact) mass is 382 g/mol. The topological polar surface area (TPSA) is 98.1 Å². The van der Waals surface area contributed by atoms with Crippen molar-refractivity contribution in [3.8, 4) is 22.5 Å². The van der Waals surface area contributed by atoms with Crippen LogP contribution in [0.25, 0.3) is 33.7 Å². The summed E-state index contributed by atoms with van der Waals surface area (Å²) in [6, 6.07) is 16.5. The molecule has 8 heteroatoms. The molecule has 0 aliphatic heterocycles. The predicted octanol–water partition coefficient (Wildman–Crippen LogP) is 3.28. The van der Waals surface area contributed by atoms with E-state index in [-0.39, 0.29) is 0 Å². The summed E-state index contributed by atoms with van der Waals surface area (Å²) in [7, 11) is 0. The lowest BCUT2D eigenvalue weighted by Gasteiger charge is -2.09. The molecule has 1 N–H and O–H groups in total. The van der Waals surface area contributed by atoms with Gasteiger partial charge in [-0.3, -0.25) is 0 Å². The van der Waals surface area contributed by atoms with Gasteiger partial charge in [0.1, 0.15) is 11.3 Å². The number of imidazole rings is 1. The number of fused-ring (bicyclic) bond motifs is 1. The number of hydrogen-bond donors (Lipinski definition) is 1. The van der Waals surface area contributed by atoms with Crippen LogP contribution in [0.15, 0.2) is 61.1 Å². The summed E-state index contributed by atoms with van der Waals surface area (Å²) in [6.45, 7) is 2.75. The number of nitrogens with one attached hydrogen (secondary N) is 1. The second-order valence-electron chi connectivity index (χ2n) is 6.70. The van der Waals surface area contributed by atoms with Crippen LogP contribution in [0, 0.1) is 0 Å². The third-order valence-electron chi connectivity index (χ3n) is 4.86. The predicted molar refractivity (Wildman–Crippen MR) is 109 cm³/mol. The number of aromatic amines is 1. The fraction of sp³-hybridized carbons (Fsp3) is 0.143. The Morgan fingerprint density at radius 3 is 2.55 bits per heavy atom. The van der Waals surface area contributed by atoms with Gasteiger partial charge in [-0.2, -0.15) is 5.21 Å². The average Bonchev–Trinajstić information content (AvgIpc) is 3.45. The lowest BCUT2D eigenvalue weighted by atomic mass is 9.98. The van der Waals surface area contributed by atoms with E-state index in [1.807, 2.05) is 31.5 Å². The van der Waals surface area contributed by atoms with Gasteiger partial charge in [-0.1, -0.05) is 55.5 Å². The molecule has 0 bridgehead atoms. The maximum atomic E-state index is 4.62. The molecule has 5 rings (SSSR count). The van der Waals surface area contributed by atoms with E-state index in [0.29, 0.717) is 12.4 Å². The van der Waals surface area contributed by atoms with Crippen molar-refractivity contribution in [2.45, 2.75) is 19.9 Å². The number of aryl methyl sites for hydroxylation is 1. The molecule has 0 unspecified atom stereocenters. The average molecular weight is 382 g/mol. The first-order valence-corrected chi connectivity index (χ1v) is 9.40. The van der Waals surface area contributed by atoms with Crippen LogP contribution in [0.2, 0.25) is 0 Å². The van der Waals surface area contributed by atoms with Crippen molar-refractivity contribution in [2.75, 3.05) is 0 Å². The molecular formula is C21H18N8. The number of aromatic nitrogens is 8. The highest BCUT2D eigenvalue weighted by Crippen LogP contribution is 2.29. The molecule has 5 aromatic rings. The Kier molecular flexibility index (Phi) is 4.28. The summed E-state index contributed by atoms with van der Waals surface area (Å²) in [5.74, 6) is 1.41. The van der Waals surface area contributed by atoms with E-state index in [0.717, 1.165) is 40.1 Å². The normalized spacial score (nSPS) is 11.2. The zero-order chi connectivity index (χ0) is 19.6. The molecule has 0 radical (unpaired) electrons. The molecule has 2 aromatic carbocycles. The molecule has 3 aromatic heterocycles. The number of tetrazole rings is 1. The van der Waals surface area contributed by atoms with Gasteiger partial charge in [0, 0.05) is 12.0 Å². The van der Waals surface area contributed by atoms with Gasteiger partial charge in [-0.15, -0.1) is 10.2 Å². The Labute approximate surface area is 166 Å². The summed E-state index contributed by atoms with van der Waals surface area (Å²) in [4.78, 5) is 13.3. The van der Waals surface area contributed by atoms with Crippen molar-refractivity contribution in [1.82, 2.24) is 40.1 Å². The molecule has 0 fully saturated rings. The van der Waals surface area contributed by atoms with Crippen molar-refractivity contribution in [1.29, 1.82) is 0 Å². The Morgan fingerprint density at radius 2 is 1.79 bits per heavy atom. The minimum atomic E-state index is 0.584. The van der Waals surface area contributed by atoms with Gasteiger partial charge in [0.25, 0.3) is 0 Å². The van der Waals surface area contributed by atoms with Gasteiger partial charge >= 0.3 is 0 Å². The van der Waals surface area contributed by atoms with Crippen molar-refractivity contribution in [2.24, 2.45) is 0 Å². The van der Waals surface area contributed by atoms with E-state index in [1.165, 1.54) is 5.56 Å². The van der Waals surface area contributed by atoms with E-state index in [2.05, 4.69) is 70.5 Å². The number of hydrogen-bond acceptors (Lipinski definition) is 6. The second-order valence-corrected chi connectivity index (χ2v) is 6.70. The SMILES string of the molecule is CCc1ncc2ncn(Cc3ccc(-c4ccccc4-c4nn[nH]n4)cc3)c2n1. The number of H-pyrrole nitrogens is 1. The maximum Gasteiger partial charge on any atom is 0.205 e. The maximum absolute atomic E-state index is 4.62. The van der Waals surface area contributed by atoms with Crippen molar-refractivity contribution in [3.05, 3.63) is 72.4 Å². The molecule has 0 aliphatic rings. The van der Waals surface area contributed by atoms with Crippen LogP contribution in [0.1, 0.15) is 18.3 Å². The summed E-state index contributed by atoms with van der Waals surface area (Å²) in [5, 5.41) is 14.4.